The minimum Gasteiger partial charge on any atom is -0.354 e. The summed E-state index contributed by atoms with van der Waals surface area (Å²) in [5.41, 5.74) is 1.78. The van der Waals surface area contributed by atoms with E-state index in [1.165, 1.54) is 17.2 Å². The van der Waals surface area contributed by atoms with Gasteiger partial charge in [0.2, 0.25) is 5.91 Å². The highest BCUT2D eigenvalue weighted by Gasteiger charge is 2.32. The van der Waals surface area contributed by atoms with Crippen molar-refractivity contribution in [2.24, 2.45) is 0 Å². The van der Waals surface area contributed by atoms with Crippen LogP contribution in [0.2, 0.25) is 0 Å². The van der Waals surface area contributed by atoms with Crippen molar-refractivity contribution in [2.45, 2.75) is 44.4 Å². The Morgan fingerprint density at radius 1 is 1.13 bits per heavy atom. The molecule has 0 radical (unpaired) electrons. The molecular weight excluding hydrogens is 405 g/mol. The lowest BCUT2D eigenvalue weighted by atomic mass is 9.87. The van der Waals surface area contributed by atoms with Crippen LogP contribution in [0.15, 0.2) is 42.6 Å². The van der Waals surface area contributed by atoms with Gasteiger partial charge in [-0.2, -0.15) is 13.2 Å². The molecule has 1 N–H and O–H groups in total. The lowest BCUT2D eigenvalue weighted by Crippen LogP contribution is -2.54. The zero-order valence-electron chi connectivity index (χ0n) is 17.5. The molecule has 1 amide bonds. The van der Waals surface area contributed by atoms with Crippen molar-refractivity contribution in [1.82, 2.24) is 15.2 Å². The van der Waals surface area contributed by atoms with Crippen LogP contribution in [-0.4, -0.2) is 48.0 Å². The Balaban J connectivity index is 1.32. The molecule has 1 saturated heterocycles. The van der Waals surface area contributed by atoms with Crippen molar-refractivity contribution in [3.05, 3.63) is 59.3 Å². The Labute approximate surface area is 180 Å². The molecule has 1 aliphatic heterocycles. The minimum atomic E-state index is -4.38. The zero-order chi connectivity index (χ0) is 22.0. The molecule has 0 saturated carbocycles. The number of hydrogen-bond donors (Lipinski definition) is 1. The highest BCUT2D eigenvalue weighted by Crippen LogP contribution is 2.30. The third-order valence-corrected chi connectivity index (χ3v) is 6.33. The van der Waals surface area contributed by atoms with E-state index < -0.39 is 11.7 Å². The van der Waals surface area contributed by atoms with E-state index in [9.17, 15) is 18.0 Å². The largest absolute Gasteiger partial charge is 0.417 e. The molecule has 1 fully saturated rings. The SMILES string of the molecule is C[C@@H](C(=O)N[C@@H]1CCCc2ccccc21)N1CCN(c2ccc(C(F)(F)F)cn2)CC1. The van der Waals surface area contributed by atoms with E-state index >= 15 is 0 Å². The summed E-state index contributed by atoms with van der Waals surface area (Å²) in [5, 5.41) is 3.22. The molecule has 2 aromatic rings. The van der Waals surface area contributed by atoms with Gasteiger partial charge in [0.05, 0.1) is 17.6 Å². The van der Waals surface area contributed by atoms with Gasteiger partial charge >= 0.3 is 6.18 Å². The van der Waals surface area contributed by atoms with Crippen molar-refractivity contribution in [2.75, 3.05) is 31.1 Å². The Bertz CT molecular complexity index is 908. The second-order valence-electron chi connectivity index (χ2n) is 8.25. The van der Waals surface area contributed by atoms with Crippen molar-refractivity contribution in [3.63, 3.8) is 0 Å². The number of halogens is 3. The van der Waals surface area contributed by atoms with E-state index in [0.717, 1.165) is 31.5 Å². The number of amides is 1. The van der Waals surface area contributed by atoms with Gasteiger partial charge in [-0.1, -0.05) is 24.3 Å². The highest BCUT2D eigenvalue weighted by molar-refractivity contribution is 5.82. The van der Waals surface area contributed by atoms with E-state index in [4.69, 9.17) is 0 Å². The maximum Gasteiger partial charge on any atom is 0.417 e. The monoisotopic (exact) mass is 432 g/mol. The summed E-state index contributed by atoms with van der Waals surface area (Å²) in [6.07, 6.45) is -0.443. The predicted molar refractivity (Wildman–Crippen MR) is 113 cm³/mol. The van der Waals surface area contributed by atoms with Crippen LogP contribution in [0.25, 0.3) is 0 Å². The van der Waals surface area contributed by atoms with Gasteiger partial charge in [-0.3, -0.25) is 9.69 Å². The van der Waals surface area contributed by atoms with Gasteiger partial charge in [-0.05, 0) is 49.4 Å². The van der Waals surface area contributed by atoms with Crippen LogP contribution in [0.3, 0.4) is 0 Å². The predicted octanol–water partition coefficient (Wildman–Crippen LogP) is 3.80. The number of nitrogens with one attached hydrogen (secondary N) is 1. The summed E-state index contributed by atoms with van der Waals surface area (Å²) in [4.78, 5) is 21.0. The Morgan fingerprint density at radius 2 is 1.87 bits per heavy atom. The van der Waals surface area contributed by atoms with Gasteiger partial charge in [0.1, 0.15) is 5.82 Å². The van der Waals surface area contributed by atoms with E-state index in [1.807, 2.05) is 24.0 Å². The van der Waals surface area contributed by atoms with Crippen molar-refractivity contribution in [3.8, 4) is 0 Å². The normalized spacial score (nSPS) is 20.8. The third-order valence-electron chi connectivity index (χ3n) is 6.33. The first-order chi connectivity index (χ1) is 14.8. The Kier molecular flexibility index (Phi) is 6.18. The number of anilines is 1. The number of benzene rings is 1. The molecule has 1 aromatic carbocycles. The Hall–Kier alpha value is -2.61. The molecule has 1 aromatic heterocycles. The molecule has 5 nitrogen and oxygen atoms in total. The van der Waals surface area contributed by atoms with Gasteiger partial charge in [0.25, 0.3) is 0 Å². The summed E-state index contributed by atoms with van der Waals surface area (Å²) in [6.45, 7) is 4.44. The molecule has 2 aliphatic rings. The number of rotatable bonds is 4. The van der Waals surface area contributed by atoms with Gasteiger partial charge in [-0.25, -0.2) is 4.98 Å². The first-order valence-corrected chi connectivity index (χ1v) is 10.7. The standard InChI is InChI=1S/C23H27F3N4O/c1-16(22(31)28-20-8-4-6-17-5-2-3-7-19(17)20)29-11-13-30(14-12-29)21-10-9-18(15-27-21)23(24,25)26/h2-3,5,7,9-10,15-16,20H,4,6,8,11-14H2,1H3,(H,28,31)/t16-,20+/m0/s1. The maximum atomic E-state index is 12.9. The lowest BCUT2D eigenvalue weighted by molar-refractivity contribution is -0.137. The summed E-state index contributed by atoms with van der Waals surface area (Å²) in [7, 11) is 0. The average Bonchev–Trinajstić information content (AvgIpc) is 2.78. The number of aryl methyl sites for hydroxylation is 1. The van der Waals surface area contributed by atoms with E-state index in [0.29, 0.717) is 32.0 Å². The van der Waals surface area contributed by atoms with Crippen molar-refractivity contribution >= 4 is 11.7 Å². The third kappa shape index (κ3) is 4.84. The molecule has 8 heteroatoms. The Morgan fingerprint density at radius 3 is 2.55 bits per heavy atom. The molecule has 4 rings (SSSR count). The van der Waals surface area contributed by atoms with Crippen LogP contribution < -0.4 is 10.2 Å². The second-order valence-corrected chi connectivity index (χ2v) is 8.25. The summed E-state index contributed by atoms with van der Waals surface area (Å²) >= 11 is 0. The minimum absolute atomic E-state index is 0.0165. The van der Waals surface area contributed by atoms with E-state index in [-0.39, 0.29) is 18.0 Å². The number of alkyl halides is 3. The van der Waals surface area contributed by atoms with Crippen LogP contribution in [0.1, 0.15) is 42.5 Å². The number of carbonyl (C=O) groups is 1. The van der Waals surface area contributed by atoms with Gasteiger partial charge < -0.3 is 10.2 Å². The van der Waals surface area contributed by atoms with Gasteiger partial charge in [0, 0.05) is 32.4 Å². The number of nitrogens with zero attached hydrogens (tertiary/aromatic N) is 3. The molecule has 31 heavy (non-hydrogen) atoms. The van der Waals surface area contributed by atoms with Crippen LogP contribution in [0.5, 0.6) is 0 Å². The van der Waals surface area contributed by atoms with E-state index in [2.05, 4.69) is 27.3 Å². The molecule has 2 atom stereocenters. The van der Waals surface area contributed by atoms with E-state index in [1.54, 1.807) is 0 Å². The fourth-order valence-electron chi connectivity index (χ4n) is 4.44. The van der Waals surface area contributed by atoms with Gasteiger partial charge in [0.15, 0.2) is 0 Å². The molecule has 166 valence electrons. The van der Waals surface area contributed by atoms with Crippen molar-refractivity contribution in [1.29, 1.82) is 0 Å². The average molecular weight is 432 g/mol. The van der Waals surface area contributed by atoms with Crippen LogP contribution in [-0.2, 0) is 17.4 Å². The number of pyridine rings is 1. The second kappa shape index (κ2) is 8.86. The smallest absolute Gasteiger partial charge is 0.354 e. The first kappa shape index (κ1) is 21.6. The first-order valence-electron chi connectivity index (χ1n) is 10.7. The lowest BCUT2D eigenvalue weighted by Gasteiger charge is -2.38. The summed E-state index contributed by atoms with van der Waals surface area (Å²) < 4.78 is 38.2. The molecule has 0 bridgehead atoms. The molecular formula is C23H27F3N4O. The van der Waals surface area contributed by atoms with Crippen LogP contribution in [0.4, 0.5) is 19.0 Å². The number of piperazine rings is 1. The molecule has 0 spiro atoms. The number of fused-ring (bicyclic) bond motifs is 1. The molecule has 2 heterocycles. The quantitative estimate of drug-likeness (QED) is 0.799. The van der Waals surface area contributed by atoms with Crippen LogP contribution >= 0.6 is 0 Å². The topological polar surface area (TPSA) is 48.5 Å². The number of aromatic nitrogens is 1. The zero-order valence-corrected chi connectivity index (χ0v) is 17.5. The summed E-state index contributed by atoms with van der Waals surface area (Å²) in [5.74, 6) is 0.548. The van der Waals surface area contributed by atoms with Crippen LogP contribution in [0, 0.1) is 0 Å². The highest BCUT2D eigenvalue weighted by atomic mass is 19.4. The molecule has 0 unspecified atom stereocenters. The number of hydrogen-bond acceptors (Lipinski definition) is 4. The fourth-order valence-corrected chi connectivity index (χ4v) is 4.44. The fraction of sp³-hybridized carbons (Fsp3) is 0.478. The number of carbonyl (C=O) groups excluding carboxylic acids is 1. The van der Waals surface area contributed by atoms with Gasteiger partial charge in [-0.15, -0.1) is 0 Å². The molecule has 1 aliphatic carbocycles. The maximum absolute atomic E-state index is 12.9. The van der Waals surface area contributed by atoms with Crippen molar-refractivity contribution < 1.29 is 18.0 Å². The summed E-state index contributed by atoms with van der Waals surface area (Å²) in [6, 6.07) is 10.5.